The fourth-order valence-electron chi connectivity index (χ4n) is 1.37. The van der Waals surface area contributed by atoms with Gasteiger partial charge in [-0.15, -0.1) is 11.3 Å². The summed E-state index contributed by atoms with van der Waals surface area (Å²) in [5.41, 5.74) is 6.23. The van der Waals surface area contributed by atoms with Crippen molar-refractivity contribution in [1.82, 2.24) is 9.97 Å². The van der Waals surface area contributed by atoms with Crippen LogP contribution in [-0.2, 0) is 11.2 Å². The molecule has 94 valence electrons. The van der Waals surface area contributed by atoms with E-state index in [1.807, 2.05) is 12.1 Å². The summed E-state index contributed by atoms with van der Waals surface area (Å²) >= 11 is 4.94. The van der Waals surface area contributed by atoms with Gasteiger partial charge in [-0.1, -0.05) is 0 Å². The minimum atomic E-state index is -1.05. The van der Waals surface area contributed by atoms with Gasteiger partial charge in [-0.3, -0.25) is 4.79 Å². The van der Waals surface area contributed by atoms with Crippen LogP contribution >= 0.6 is 27.3 Å². The average molecular weight is 328 g/mol. The maximum absolute atomic E-state index is 10.7. The van der Waals surface area contributed by atoms with Crippen molar-refractivity contribution in [2.45, 2.75) is 12.5 Å². The Bertz CT molecular complexity index is 573. The average Bonchev–Trinajstić information content (AvgIpc) is 2.76. The molecule has 1 atom stereocenters. The van der Waals surface area contributed by atoms with Crippen LogP contribution in [0.4, 0.5) is 0 Å². The van der Waals surface area contributed by atoms with Gasteiger partial charge in [0.15, 0.2) is 0 Å². The normalized spacial score (nSPS) is 12.3. The van der Waals surface area contributed by atoms with Crippen LogP contribution in [0.1, 0.15) is 5.82 Å². The van der Waals surface area contributed by atoms with Gasteiger partial charge in [0.05, 0.1) is 14.4 Å². The highest BCUT2D eigenvalue weighted by molar-refractivity contribution is 9.11. The lowest BCUT2D eigenvalue weighted by Crippen LogP contribution is -2.32. The molecule has 0 aliphatic heterocycles. The first kappa shape index (κ1) is 13.1. The van der Waals surface area contributed by atoms with E-state index in [1.165, 1.54) is 0 Å². The number of hydrogen-bond donors (Lipinski definition) is 2. The van der Waals surface area contributed by atoms with Crippen LogP contribution in [0.25, 0.3) is 10.6 Å². The summed E-state index contributed by atoms with van der Waals surface area (Å²) in [6.07, 6.45) is 1.73. The first-order chi connectivity index (χ1) is 8.56. The number of hydrogen-bond acceptors (Lipinski definition) is 5. The van der Waals surface area contributed by atoms with Gasteiger partial charge in [0.2, 0.25) is 0 Å². The Kier molecular flexibility index (Phi) is 4.05. The zero-order chi connectivity index (χ0) is 13.1. The van der Waals surface area contributed by atoms with Crippen molar-refractivity contribution in [1.29, 1.82) is 0 Å². The van der Waals surface area contributed by atoms with Crippen molar-refractivity contribution >= 4 is 33.2 Å². The Labute approximate surface area is 116 Å². The number of carboxylic acids is 1. The van der Waals surface area contributed by atoms with Crippen molar-refractivity contribution in [2.75, 3.05) is 0 Å². The number of rotatable bonds is 4. The molecule has 0 fully saturated rings. The molecule has 0 radical (unpaired) electrons. The number of thiophene rings is 1. The lowest BCUT2D eigenvalue weighted by molar-refractivity contribution is -0.138. The standard InChI is InChI=1S/C11H10BrN3O2S/c12-9-2-1-8(18-9)7-3-4-14-10(15-7)5-6(13)11(16)17/h1-4,6H,5,13H2,(H,16,17). The van der Waals surface area contributed by atoms with Gasteiger partial charge in [0.25, 0.3) is 0 Å². The van der Waals surface area contributed by atoms with E-state index in [0.29, 0.717) is 5.82 Å². The number of nitrogens with zero attached hydrogens (tertiary/aromatic N) is 2. The molecule has 2 heterocycles. The second-order valence-corrected chi connectivity index (χ2v) is 6.07. The highest BCUT2D eigenvalue weighted by Gasteiger charge is 2.14. The number of carboxylic acid groups (broad SMARTS) is 1. The lowest BCUT2D eigenvalue weighted by Gasteiger charge is -2.05. The zero-order valence-electron chi connectivity index (χ0n) is 9.21. The van der Waals surface area contributed by atoms with Crippen molar-refractivity contribution in [3.63, 3.8) is 0 Å². The molecule has 0 aliphatic carbocycles. The minimum absolute atomic E-state index is 0.121. The summed E-state index contributed by atoms with van der Waals surface area (Å²) < 4.78 is 1.01. The van der Waals surface area contributed by atoms with Gasteiger partial charge in [-0.2, -0.15) is 0 Å². The monoisotopic (exact) mass is 327 g/mol. The summed E-state index contributed by atoms with van der Waals surface area (Å²) in [7, 11) is 0. The maximum atomic E-state index is 10.7. The Balaban J connectivity index is 2.22. The molecule has 0 aliphatic rings. The molecule has 0 amide bonds. The molecule has 0 aromatic carbocycles. The molecule has 3 N–H and O–H groups in total. The molecule has 18 heavy (non-hydrogen) atoms. The third-order valence-corrected chi connectivity index (χ3v) is 3.90. The molecular weight excluding hydrogens is 318 g/mol. The van der Waals surface area contributed by atoms with Crippen molar-refractivity contribution in [3.05, 3.63) is 34.0 Å². The highest BCUT2D eigenvalue weighted by Crippen LogP contribution is 2.29. The van der Waals surface area contributed by atoms with Crippen molar-refractivity contribution < 1.29 is 9.90 Å². The third-order valence-electron chi connectivity index (χ3n) is 2.25. The van der Waals surface area contributed by atoms with Crippen LogP contribution < -0.4 is 5.73 Å². The van der Waals surface area contributed by atoms with E-state index in [4.69, 9.17) is 10.8 Å². The van der Waals surface area contributed by atoms with Crippen LogP contribution in [0.15, 0.2) is 28.2 Å². The zero-order valence-corrected chi connectivity index (χ0v) is 11.6. The Morgan fingerprint density at radius 1 is 1.50 bits per heavy atom. The largest absolute Gasteiger partial charge is 0.480 e. The van der Waals surface area contributed by atoms with E-state index < -0.39 is 12.0 Å². The van der Waals surface area contributed by atoms with Crippen molar-refractivity contribution in [2.24, 2.45) is 5.73 Å². The van der Waals surface area contributed by atoms with Gasteiger partial charge in [-0.05, 0) is 34.1 Å². The van der Waals surface area contributed by atoms with Crippen LogP contribution in [0, 0.1) is 0 Å². The summed E-state index contributed by atoms with van der Waals surface area (Å²) in [6, 6.07) is 4.69. The number of aromatic nitrogens is 2. The highest BCUT2D eigenvalue weighted by atomic mass is 79.9. The molecule has 5 nitrogen and oxygen atoms in total. The molecule has 0 spiro atoms. The second kappa shape index (κ2) is 5.55. The van der Waals surface area contributed by atoms with Crippen molar-refractivity contribution in [3.8, 4) is 10.6 Å². The van der Waals surface area contributed by atoms with Gasteiger partial charge >= 0.3 is 5.97 Å². The minimum Gasteiger partial charge on any atom is -0.480 e. The third kappa shape index (κ3) is 3.12. The fourth-order valence-corrected chi connectivity index (χ4v) is 2.73. The predicted octanol–water partition coefficient (Wildman–Crippen LogP) is 1.92. The molecule has 0 saturated carbocycles. The summed E-state index contributed by atoms with van der Waals surface area (Å²) in [6.45, 7) is 0. The summed E-state index contributed by atoms with van der Waals surface area (Å²) in [5, 5.41) is 8.75. The van der Waals surface area contributed by atoms with Gasteiger partial charge in [-0.25, -0.2) is 9.97 Å². The first-order valence-corrected chi connectivity index (χ1v) is 6.73. The Morgan fingerprint density at radius 2 is 2.28 bits per heavy atom. The van der Waals surface area contributed by atoms with E-state index in [0.717, 1.165) is 14.4 Å². The summed E-state index contributed by atoms with van der Waals surface area (Å²) in [4.78, 5) is 20.0. The topological polar surface area (TPSA) is 89.1 Å². The molecular formula is C11H10BrN3O2S. The quantitative estimate of drug-likeness (QED) is 0.895. The molecule has 2 aromatic rings. The Morgan fingerprint density at radius 3 is 2.89 bits per heavy atom. The molecule has 2 rings (SSSR count). The van der Waals surface area contributed by atoms with Crippen LogP contribution in [0.2, 0.25) is 0 Å². The molecule has 7 heteroatoms. The van der Waals surface area contributed by atoms with Crippen LogP contribution in [0.3, 0.4) is 0 Å². The second-order valence-electron chi connectivity index (χ2n) is 3.61. The van der Waals surface area contributed by atoms with Crippen LogP contribution in [-0.4, -0.2) is 27.1 Å². The van der Waals surface area contributed by atoms with E-state index in [-0.39, 0.29) is 6.42 Å². The predicted molar refractivity (Wildman–Crippen MR) is 72.4 cm³/mol. The van der Waals surface area contributed by atoms with E-state index in [2.05, 4.69) is 25.9 Å². The summed E-state index contributed by atoms with van der Waals surface area (Å²) in [5.74, 6) is -0.616. The number of halogens is 1. The maximum Gasteiger partial charge on any atom is 0.320 e. The molecule has 2 aromatic heterocycles. The van der Waals surface area contributed by atoms with Gasteiger partial charge < -0.3 is 10.8 Å². The van der Waals surface area contributed by atoms with E-state index in [1.54, 1.807) is 23.6 Å². The SMILES string of the molecule is NC(Cc1nccc(-c2ccc(Br)s2)n1)C(=O)O. The Hall–Kier alpha value is -1.31. The van der Waals surface area contributed by atoms with E-state index in [9.17, 15) is 4.79 Å². The first-order valence-electron chi connectivity index (χ1n) is 5.12. The van der Waals surface area contributed by atoms with Crippen LogP contribution in [0.5, 0.6) is 0 Å². The number of carbonyl (C=O) groups is 1. The number of aliphatic carboxylic acids is 1. The molecule has 0 saturated heterocycles. The van der Waals surface area contributed by atoms with E-state index >= 15 is 0 Å². The molecule has 1 unspecified atom stereocenters. The number of nitrogens with two attached hydrogens (primary N) is 1. The smallest absolute Gasteiger partial charge is 0.320 e. The van der Waals surface area contributed by atoms with Gasteiger partial charge in [0.1, 0.15) is 11.9 Å². The van der Waals surface area contributed by atoms with Gasteiger partial charge in [0, 0.05) is 12.6 Å². The fraction of sp³-hybridized carbons (Fsp3) is 0.182. The molecule has 0 bridgehead atoms. The lowest BCUT2D eigenvalue weighted by atomic mass is 10.2.